The molecule has 0 aliphatic carbocycles. The third-order valence-electron chi connectivity index (χ3n) is 2.71. The second-order valence-corrected chi connectivity index (χ2v) is 5.02. The minimum absolute atomic E-state index is 0.137. The van der Waals surface area contributed by atoms with Crippen LogP contribution in [0, 0.1) is 5.82 Å². The van der Waals surface area contributed by atoms with Crippen molar-refractivity contribution in [2.75, 3.05) is 7.11 Å². The van der Waals surface area contributed by atoms with Crippen molar-refractivity contribution in [3.8, 4) is 5.75 Å². The summed E-state index contributed by atoms with van der Waals surface area (Å²) >= 11 is 3.31. The summed E-state index contributed by atoms with van der Waals surface area (Å²) in [6.07, 6.45) is 2.99. The Kier molecular flexibility index (Phi) is 4.69. The Balaban J connectivity index is 2.17. The molecule has 0 heterocycles. The molecule has 0 aliphatic rings. The maximum absolute atomic E-state index is 13.5. The molecule has 0 saturated heterocycles. The molecule has 2 rings (SSSR count). The predicted octanol–water partition coefficient (Wildman–Crippen LogP) is 4.49. The van der Waals surface area contributed by atoms with Gasteiger partial charge in [0, 0.05) is 10.0 Å². The van der Waals surface area contributed by atoms with Gasteiger partial charge >= 0.3 is 0 Å². The predicted molar refractivity (Wildman–Crippen MR) is 80.5 cm³/mol. The van der Waals surface area contributed by atoms with Gasteiger partial charge in [-0.25, -0.2) is 4.39 Å². The van der Waals surface area contributed by atoms with Gasteiger partial charge in [0.2, 0.25) is 0 Å². The lowest BCUT2D eigenvalue weighted by Gasteiger charge is -2.02. The van der Waals surface area contributed by atoms with Crippen LogP contribution in [0.1, 0.15) is 15.9 Å². The van der Waals surface area contributed by atoms with Crippen LogP contribution in [-0.4, -0.2) is 12.9 Å². The van der Waals surface area contributed by atoms with Crippen LogP contribution in [0.15, 0.2) is 53.0 Å². The van der Waals surface area contributed by atoms with E-state index in [9.17, 15) is 9.18 Å². The fraction of sp³-hybridized carbons (Fsp3) is 0.0625. The molecule has 0 unspecified atom stereocenters. The molecule has 0 atom stereocenters. The molecule has 0 aliphatic heterocycles. The average molecular weight is 335 g/mol. The molecular formula is C16H12BrFO2. The van der Waals surface area contributed by atoms with Gasteiger partial charge in [0.25, 0.3) is 0 Å². The van der Waals surface area contributed by atoms with Gasteiger partial charge < -0.3 is 4.74 Å². The van der Waals surface area contributed by atoms with E-state index in [1.54, 1.807) is 30.3 Å². The highest BCUT2D eigenvalue weighted by atomic mass is 79.9. The lowest BCUT2D eigenvalue weighted by Crippen LogP contribution is -1.93. The van der Waals surface area contributed by atoms with E-state index in [1.807, 2.05) is 6.07 Å². The van der Waals surface area contributed by atoms with Crippen molar-refractivity contribution >= 4 is 27.8 Å². The second-order valence-electron chi connectivity index (χ2n) is 4.10. The fourth-order valence-corrected chi connectivity index (χ4v) is 2.10. The molecule has 20 heavy (non-hydrogen) atoms. The van der Waals surface area contributed by atoms with E-state index in [1.165, 1.54) is 25.3 Å². The first-order chi connectivity index (χ1) is 9.60. The molecule has 0 amide bonds. The van der Waals surface area contributed by atoms with Crippen LogP contribution in [0.3, 0.4) is 0 Å². The average Bonchev–Trinajstić information content (AvgIpc) is 2.45. The highest BCUT2D eigenvalue weighted by molar-refractivity contribution is 9.10. The lowest BCUT2D eigenvalue weighted by molar-refractivity contribution is 0.104. The molecule has 4 heteroatoms. The van der Waals surface area contributed by atoms with E-state index in [0.717, 1.165) is 4.47 Å². The first-order valence-electron chi connectivity index (χ1n) is 5.91. The Labute approximate surface area is 125 Å². The Morgan fingerprint density at radius 2 is 2.05 bits per heavy atom. The number of benzene rings is 2. The van der Waals surface area contributed by atoms with Gasteiger partial charge in [-0.2, -0.15) is 0 Å². The van der Waals surface area contributed by atoms with Gasteiger partial charge in [0.15, 0.2) is 17.3 Å². The van der Waals surface area contributed by atoms with E-state index in [4.69, 9.17) is 4.74 Å². The number of hydrogen-bond donors (Lipinski definition) is 0. The van der Waals surface area contributed by atoms with Crippen molar-refractivity contribution in [2.45, 2.75) is 0 Å². The minimum Gasteiger partial charge on any atom is -0.494 e. The molecular weight excluding hydrogens is 323 g/mol. The second kappa shape index (κ2) is 6.48. The normalized spacial score (nSPS) is 10.8. The van der Waals surface area contributed by atoms with Gasteiger partial charge in [-0.05, 0) is 35.9 Å². The van der Waals surface area contributed by atoms with E-state index in [-0.39, 0.29) is 11.5 Å². The van der Waals surface area contributed by atoms with Crippen molar-refractivity contribution < 1.29 is 13.9 Å². The number of carbonyl (C=O) groups excluding carboxylic acids is 1. The summed E-state index contributed by atoms with van der Waals surface area (Å²) in [5.41, 5.74) is 1.18. The lowest BCUT2D eigenvalue weighted by atomic mass is 10.1. The Morgan fingerprint density at radius 1 is 1.25 bits per heavy atom. The summed E-state index contributed by atoms with van der Waals surface area (Å²) in [6, 6.07) is 11.6. The van der Waals surface area contributed by atoms with E-state index >= 15 is 0 Å². The topological polar surface area (TPSA) is 26.3 Å². The minimum atomic E-state index is -0.454. The summed E-state index contributed by atoms with van der Waals surface area (Å²) in [6.45, 7) is 0. The Morgan fingerprint density at radius 3 is 2.70 bits per heavy atom. The third kappa shape index (κ3) is 3.54. The summed E-state index contributed by atoms with van der Waals surface area (Å²) in [5, 5.41) is 0. The zero-order chi connectivity index (χ0) is 14.5. The van der Waals surface area contributed by atoms with E-state index in [2.05, 4.69) is 15.9 Å². The van der Waals surface area contributed by atoms with Gasteiger partial charge in [-0.1, -0.05) is 40.2 Å². The number of ether oxygens (including phenoxy) is 1. The molecule has 0 bridgehead atoms. The van der Waals surface area contributed by atoms with Crippen molar-refractivity contribution in [1.29, 1.82) is 0 Å². The van der Waals surface area contributed by atoms with E-state index < -0.39 is 5.82 Å². The van der Waals surface area contributed by atoms with Crippen LogP contribution < -0.4 is 4.74 Å². The summed E-state index contributed by atoms with van der Waals surface area (Å²) < 4.78 is 19.2. The molecule has 0 fully saturated rings. The standard InChI is InChI=1S/C16H12BrFO2/c1-20-16-8-6-11(9-14(16)18)5-7-15(19)12-3-2-4-13(17)10-12/h2-10H,1H3/b7-5+. The molecule has 0 radical (unpaired) electrons. The van der Waals surface area contributed by atoms with Crippen LogP contribution in [-0.2, 0) is 0 Å². The van der Waals surface area contributed by atoms with Crippen molar-refractivity contribution in [2.24, 2.45) is 0 Å². The molecule has 0 aromatic heterocycles. The quantitative estimate of drug-likeness (QED) is 0.608. The van der Waals surface area contributed by atoms with Gasteiger partial charge in [0.05, 0.1) is 7.11 Å². The molecule has 102 valence electrons. The molecule has 2 aromatic carbocycles. The highest BCUT2D eigenvalue weighted by Crippen LogP contribution is 2.19. The number of halogens is 2. The maximum atomic E-state index is 13.5. The van der Waals surface area contributed by atoms with Crippen LogP contribution in [0.25, 0.3) is 6.08 Å². The number of rotatable bonds is 4. The van der Waals surface area contributed by atoms with Crippen LogP contribution in [0.4, 0.5) is 4.39 Å². The van der Waals surface area contributed by atoms with Crippen molar-refractivity contribution in [1.82, 2.24) is 0 Å². The number of ketones is 1. The molecule has 2 aromatic rings. The SMILES string of the molecule is COc1ccc(/C=C/C(=O)c2cccc(Br)c2)cc1F. The number of methoxy groups -OCH3 is 1. The number of allylic oxidation sites excluding steroid dienone is 1. The fourth-order valence-electron chi connectivity index (χ4n) is 1.70. The maximum Gasteiger partial charge on any atom is 0.185 e. The number of carbonyl (C=O) groups is 1. The van der Waals surface area contributed by atoms with Crippen LogP contribution in [0.5, 0.6) is 5.75 Å². The zero-order valence-corrected chi connectivity index (χ0v) is 12.4. The van der Waals surface area contributed by atoms with Gasteiger partial charge in [-0.15, -0.1) is 0 Å². The molecule has 2 nitrogen and oxygen atoms in total. The third-order valence-corrected chi connectivity index (χ3v) is 3.21. The number of hydrogen-bond acceptors (Lipinski definition) is 2. The van der Waals surface area contributed by atoms with Crippen molar-refractivity contribution in [3.63, 3.8) is 0 Å². The van der Waals surface area contributed by atoms with Crippen LogP contribution in [0.2, 0.25) is 0 Å². The summed E-state index contributed by atoms with van der Waals surface area (Å²) in [5.74, 6) is -0.410. The zero-order valence-electron chi connectivity index (χ0n) is 10.8. The van der Waals surface area contributed by atoms with Crippen LogP contribution >= 0.6 is 15.9 Å². The monoisotopic (exact) mass is 334 g/mol. The largest absolute Gasteiger partial charge is 0.494 e. The summed E-state index contributed by atoms with van der Waals surface area (Å²) in [7, 11) is 1.41. The molecule has 0 N–H and O–H groups in total. The smallest absolute Gasteiger partial charge is 0.185 e. The molecule has 0 spiro atoms. The van der Waals surface area contributed by atoms with Crippen molar-refractivity contribution in [3.05, 3.63) is 70.0 Å². The first-order valence-corrected chi connectivity index (χ1v) is 6.71. The molecule has 0 saturated carbocycles. The van der Waals surface area contributed by atoms with E-state index in [0.29, 0.717) is 11.1 Å². The summed E-state index contributed by atoms with van der Waals surface area (Å²) in [4.78, 5) is 12.0. The van der Waals surface area contributed by atoms with Gasteiger partial charge in [-0.3, -0.25) is 4.79 Å². The van der Waals surface area contributed by atoms with Gasteiger partial charge in [0.1, 0.15) is 0 Å². The first kappa shape index (κ1) is 14.5. The highest BCUT2D eigenvalue weighted by Gasteiger charge is 2.04. The Hall–Kier alpha value is -1.94. The Bertz CT molecular complexity index is 665.